The van der Waals surface area contributed by atoms with Crippen LogP contribution in [-0.4, -0.2) is 81.2 Å². The number of aliphatic hydroxyl groups is 5. The van der Waals surface area contributed by atoms with Crippen LogP contribution in [0.1, 0.15) is 5.56 Å². The maximum Gasteiger partial charge on any atom is 0.307 e. The molecule has 11 heteroatoms. The molecule has 32 heavy (non-hydrogen) atoms. The van der Waals surface area contributed by atoms with Gasteiger partial charge in [-0.25, -0.2) is 0 Å². The third kappa shape index (κ3) is 8.89. The van der Waals surface area contributed by atoms with Crippen molar-refractivity contribution in [3.8, 4) is 0 Å². The van der Waals surface area contributed by atoms with Gasteiger partial charge in [0.25, 0.3) is 0 Å². The molecule has 0 aliphatic rings. The quantitative estimate of drug-likeness (QED) is 0.242. The summed E-state index contributed by atoms with van der Waals surface area (Å²) in [5, 5.41) is 60.4. The fraction of sp³-hybridized carbons (Fsp3) is 0.381. The van der Waals surface area contributed by atoms with Crippen LogP contribution in [0, 0.1) is 0 Å². The zero-order chi connectivity index (χ0) is 24.3. The number of aliphatic hydroxyl groups excluding tert-OH is 5. The highest BCUT2D eigenvalue weighted by Gasteiger charge is 2.29. The topological polar surface area (TPSA) is 163 Å². The monoisotopic (exact) mass is 490 g/mol. The molecule has 2 aromatic carbocycles. The van der Waals surface area contributed by atoms with Crippen molar-refractivity contribution in [2.24, 2.45) is 0 Å². The van der Waals surface area contributed by atoms with Crippen LogP contribution >= 0.6 is 23.2 Å². The van der Waals surface area contributed by atoms with Crippen LogP contribution in [0.4, 0.5) is 11.4 Å². The Morgan fingerprint density at radius 2 is 1.50 bits per heavy atom. The lowest BCUT2D eigenvalue weighted by molar-refractivity contribution is -0.136. The summed E-state index contributed by atoms with van der Waals surface area (Å²) in [4.78, 5) is 10.8. The average Bonchev–Trinajstić information content (AvgIpc) is 2.76. The first kappa shape index (κ1) is 28.1. The molecule has 0 heterocycles. The molecule has 0 aliphatic heterocycles. The molecule has 0 saturated heterocycles. The molecule has 0 radical (unpaired) electrons. The van der Waals surface area contributed by atoms with E-state index in [1.165, 1.54) is 0 Å². The van der Waals surface area contributed by atoms with Crippen molar-refractivity contribution in [1.29, 1.82) is 0 Å². The number of anilines is 2. The Kier molecular flexibility index (Phi) is 12.5. The summed E-state index contributed by atoms with van der Waals surface area (Å²) in [6.45, 7) is -0.569. The predicted octanol–water partition coefficient (Wildman–Crippen LogP) is 1.01. The number of hydrogen-bond acceptors (Lipinski definition) is 8. The number of likely N-dealkylation sites (N-methyl/N-ethyl adjacent to an activating group) is 1. The fourth-order valence-corrected chi connectivity index (χ4v) is 3.10. The van der Waals surface area contributed by atoms with Crippen LogP contribution in [0.25, 0.3) is 0 Å². The van der Waals surface area contributed by atoms with E-state index in [1.54, 1.807) is 43.4 Å². The molecule has 2 aromatic rings. The molecule has 0 bridgehead atoms. The fourth-order valence-electron chi connectivity index (χ4n) is 2.60. The van der Waals surface area contributed by atoms with Crippen molar-refractivity contribution in [3.05, 3.63) is 58.1 Å². The van der Waals surface area contributed by atoms with Crippen LogP contribution in [0.5, 0.6) is 0 Å². The number of para-hydroxylation sites is 2. The Morgan fingerprint density at radius 3 is 2.03 bits per heavy atom. The highest BCUT2D eigenvalue weighted by molar-refractivity contribution is 6.39. The van der Waals surface area contributed by atoms with Gasteiger partial charge in [0.15, 0.2) is 0 Å². The van der Waals surface area contributed by atoms with Crippen molar-refractivity contribution in [3.63, 3.8) is 0 Å². The van der Waals surface area contributed by atoms with Crippen molar-refractivity contribution in [2.45, 2.75) is 30.8 Å². The lowest BCUT2D eigenvalue weighted by Crippen LogP contribution is -2.48. The largest absolute Gasteiger partial charge is 0.481 e. The molecular formula is C21H28Cl2N2O7. The molecule has 0 spiro atoms. The van der Waals surface area contributed by atoms with E-state index in [4.69, 9.17) is 48.7 Å². The molecule has 178 valence electrons. The van der Waals surface area contributed by atoms with Crippen molar-refractivity contribution < 1.29 is 35.4 Å². The van der Waals surface area contributed by atoms with Gasteiger partial charge in [-0.2, -0.15) is 0 Å². The van der Waals surface area contributed by atoms with E-state index in [0.29, 0.717) is 27.0 Å². The van der Waals surface area contributed by atoms with Crippen LogP contribution in [0.15, 0.2) is 42.5 Å². The van der Waals surface area contributed by atoms with Gasteiger partial charge in [-0.15, -0.1) is 0 Å². The molecule has 0 fully saturated rings. The smallest absolute Gasteiger partial charge is 0.307 e. The maximum absolute atomic E-state index is 10.8. The number of carboxylic acids is 1. The van der Waals surface area contributed by atoms with E-state index < -0.39 is 37.0 Å². The molecular weight excluding hydrogens is 463 g/mol. The minimum absolute atomic E-state index is 0.0642. The van der Waals surface area contributed by atoms with E-state index in [9.17, 15) is 9.90 Å². The van der Waals surface area contributed by atoms with Gasteiger partial charge in [0.1, 0.15) is 18.3 Å². The van der Waals surface area contributed by atoms with Crippen LogP contribution in [0.3, 0.4) is 0 Å². The maximum atomic E-state index is 10.8. The van der Waals surface area contributed by atoms with Crippen molar-refractivity contribution >= 4 is 40.5 Å². The molecule has 0 unspecified atom stereocenters. The molecule has 0 aliphatic carbocycles. The van der Waals surface area contributed by atoms with Gasteiger partial charge in [-0.3, -0.25) is 4.79 Å². The molecule has 8 N–H and O–H groups in total. The second-order valence-corrected chi connectivity index (χ2v) is 7.62. The number of nitrogens with one attached hydrogen (secondary N) is 2. The Morgan fingerprint density at radius 1 is 0.938 bits per heavy atom. The summed E-state index contributed by atoms with van der Waals surface area (Å²) in [5.41, 5.74) is 1.93. The number of halogens is 2. The SMILES string of the molecule is CNC[C@H](O)[C@@H](O)[C@H](O)[C@H](O)CO.O=C(O)Cc1ccccc1Nc1c(Cl)cccc1Cl. The molecule has 0 saturated carbocycles. The average molecular weight is 491 g/mol. The Balaban J connectivity index is 0.000000347. The van der Waals surface area contributed by atoms with Gasteiger partial charge in [0.05, 0.1) is 34.9 Å². The Bertz CT molecular complexity index is 836. The third-order valence-corrected chi connectivity index (χ3v) is 4.95. The number of carboxylic acid groups (broad SMARTS) is 1. The number of aliphatic carboxylic acids is 1. The highest BCUT2D eigenvalue weighted by atomic mass is 35.5. The van der Waals surface area contributed by atoms with Gasteiger partial charge < -0.3 is 41.3 Å². The van der Waals surface area contributed by atoms with E-state index in [0.717, 1.165) is 0 Å². The number of benzene rings is 2. The summed E-state index contributed by atoms with van der Waals surface area (Å²) in [5.74, 6) is -0.889. The molecule has 0 amide bonds. The van der Waals surface area contributed by atoms with Gasteiger partial charge in [-0.1, -0.05) is 47.5 Å². The lowest BCUT2D eigenvalue weighted by Gasteiger charge is -2.25. The second kappa shape index (κ2) is 14.2. The van der Waals surface area contributed by atoms with Crippen molar-refractivity contribution in [2.75, 3.05) is 25.5 Å². The molecule has 2 rings (SSSR count). The summed E-state index contributed by atoms with van der Waals surface area (Å²) < 4.78 is 0. The van der Waals surface area contributed by atoms with Crippen LogP contribution in [0.2, 0.25) is 10.0 Å². The minimum Gasteiger partial charge on any atom is -0.481 e. The predicted molar refractivity (Wildman–Crippen MR) is 123 cm³/mol. The first-order valence-corrected chi connectivity index (χ1v) is 10.4. The van der Waals surface area contributed by atoms with Gasteiger partial charge in [0.2, 0.25) is 0 Å². The van der Waals surface area contributed by atoms with E-state index >= 15 is 0 Å². The number of carbonyl (C=O) groups is 1. The minimum atomic E-state index is -1.55. The van der Waals surface area contributed by atoms with Crippen LogP contribution in [-0.2, 0) is 11.2 Å². The Labute approximate surface area is 195 Å². The summed E-state index contributed by atoms with van der Waals surface area (Å²) in [7, 11) is 1.57. The summed E-state index contributed by atoms with van der Waals surface area (Å²) in [6.07, 6.45) is -5.71. The lowest BCUT2D eigenvalue weighted by atomic mass is 10.0. The normalized spacial score (nSPS) is 14.5. The van der Waals surface area contributed by atoms with E-state index in [-0.39, 0.29) is 13.0 Å². The third-order valence-electron chi connectivity index (χ3n) is 4.32. The number of hydrogen-bond donors (Lipinski definition) is 8. The molecule has 9 nitrogen and oxygen atoms in total. The zero-order valence-electron chi connectivity index (χ0n) is 17.3. The first-order valence-electron chi connectivity index (χ1n) is 9.60. The summed E-state index contributed by atoms with van der Waals surface area (Å²) >= 11 is 12.1. The second-order valence-electron chi connectivity index (χ2n) is 6.81. The number of rotatable bonds is 10. The summed E-state index contributed by atoms with van der Waals surface area (Å²) in [6, 6.07) is 12.3. The molecule has 0 aromatic heterocycles. The zero-order valence-corrected chi connectivity index (χ0v) is 18.8. The van der Waals surface area contributed by atoms with Crippen molar-refractivity contribution in [1.82, 2.24) is 5.32 Å². The van der Waals surface area contributed by atoms with Gasteiger partial charge in [-0.05, 0) is 30.8 Å². The van der Waals surface area contributed by atoms with E-state index in [1.807, 2.05) is 6.07 Å². The standard InChI is InChI=1S/C14H11Cl2NO2.C7H17NO5/c15-10-5-3-6-11(16)14(10)17-12-7-2-1-4-9(12)8-13(18)19;1-8-2-4(10)6(12)7(13)5(11)3-9/h1-7,17H,8H2,(H,18,19);4-13H,2-3H2,1H3/t;4-,5+,6+,7+/m.0/s1. The van der Waals surface area contributed by atoms with E-state index in [2.05, 4.69) is 10.6 Å². The Hall–Kier alpha value is -1.95. The first-order chi connectivity index (χ1) is 15.1. The molecule has 4 atom stereocenters. The highest BCUT2D eigenvalue weighted by Crippen LogP contribution is 2.33. The van der Waals surface area contributed by atoms with Crippen LogP contribution < -0.4 is 10.6 Å². The van der Waals surface area contributed by atoms with Gasteiger partial charge in [0, 0.05) is 12.2 Å². The van der Waals surface area contributed by atoms with Gasteiger partial charge >= 0.3 is 5.97 Å².